The van der Waals surface area contributed by atoms with Crippen LogP contribution in [0.2, 0.25) is 0 Å². The minimum Gasteiger partial charge on any atom is -0.361 e. The zero-order valence-electron chi connectivity index (χ0n) is 15.2. The summed E-state index contributed by atoms with van der Waals surface area (Å²) in [6.45, 7) is 8.24. The lowest BCUT2D eigenvalue weighted by atomic mass is 9.83. The maximum Gasteiger partial charge on any atom is 0.191 e. The van der Waals surface area contributed by atoms with Gasteiger partial charge in [0.1, 0.15) is 5.76 Å². The van der Waals surface area contributed by atoms with Gasteiger partial charge in [0.25, 0.3) is 0 Å². The lowest BCUT2D eigenvalue weighted by Gasteiger charge is -2.28. The summed E-state index contributed by atoms with van der Waals surface area (Å²) in [5.41, 5.74) is 2.69. The molecule has 2 N–H and O–H groups in total. The minimum absolute atomic E-state index is 0.456. The van der Waals surface area contributed by atoms with Crippen molar-refractivity contribution in [3.05, 3.63) is 17.0 Å². The highest BCUT2D eigenvalue weighted by Gasteiger charge is 2.31. The SMILES string of the molecule is CCc1noc(CC)c1CNC(=NC)NCC1(CC)CCCC1. The van der Waals surface area contributed by atoms with Gasteiger partial charge in [-0.3, -0.25) is 4.99 Å². The molecule has 5 nitrogen and oxygen atoms in total. The number of hydrogen-bond donors (Lipinski definition) is 2. The predicted octanol–water partition coefficient (Wildman–Crippen LogP) is 3.43. The third-order valence-corrected chi connectivity index (χ3v) is 5.31. The molecular formula is C18H32N4O. The predicted molar refractivity (Wildman–Crippen MR) is 94.7 cm³/mol. The van der Waals surface area contributed by atoms with Gasteiger partial charge in [-0.2, -0.15) is 0 Å². The van der Waals surface area contributed by atoms with Crippen molar-refractivity contribution >= 4 is 5.96 Å². The van der Waals surface area contributed by atoms with Gasteiger partial charge in [0.05, 0.1) is 5.69 Å². The van der Waals surface area contributed by atoms with Crippen LogP contribution in [0.4, 0.5) is 0 Å². The maximum absolute atomic E-state index is 5.43. The fourth-order valence-corrected chi connectivity index (χ4v) is 3.58. The second-order valence-corrected chi connectivity index (χ2v) is 6.58. The van der Waals surface area contributed by atoms with Crippen LogP contribution >= 0.6 is 0 Å². The van der Waals surface area contributed by atoms with Crippen LogP contribution in [0.3, 0.4) is 0 Å². The first-order valence-corrected chi connectivity index (χ1v) is 9.08. The van der Waals surface area contributed by atoms with E-state index in [1.165, 1.54) is 37.7 Å². The van der Waals surface area contributed by atoms with Crippen LogP contribution in [0, 0.1) is 5.41 Å². The van der Waals surface area contributed by atoms with Gasteiger partial charge in [-0.05, 0) is 31.1 Å². The average molecular weight is 320 g/mol. The van der Waals surface area contributed by atoms with Crippen molar-refractivity contribution in [3.8, 4) is 0 Å². The Morgan fingerprint density at radius 3 is 2.48 bits per heavy atom. The highest BCUT2D eigenvalue weighted by molar-refractivity contribution is 5.79. The van der Waals surface area contributed by atoms with E-state index in [2.05, 4.69) is 41.6 Å². The van der Waals surface area contributed by atoms with Gasteiger partial charge in [-0.15, -0.1) is 0 Å². The van der Waals surface area contributed by atoms with Gasteiger partial charge in [0.2, 0.25) is 0 Å². The Bertz CT molecular complexity index is 494. The monoisotopic (exact) mass is 320 g/mol. The molecule has 1 saturated carbocycles. The van der Waals surface area contributed by atoms with E-state index < -0.39 is 0 Å². The molecule has 0 amide bonds. The number of hydrogen-bond acceptors (Lipinski definition) is 3. The second kappa shape index (κ2) is 8.37. The second-order valence-electron chi connectivity index (χ2n) is 6.58. The first-order chi connectivity index (χ1) is 11.2. The van der Waals surface area contributed by atoms with Crippen molar-refractivity contribution in [2.75, 3.05) is 13.6 Å². The number of aliphatic imine (C=N–C) groups is 1. The highest BCUT2D eigenvalue weighted by Crippen LogP contribution is 2.40. The zero-order chi connectivity index (χ0) is 16.7. The minimum atomic E-state index is 0.456. The van der Waals surface area contributed by atoms with Crippen molar-refractivity contribution in [2.45, 2.75) is 72.3 Å². The quantitative estimate of drug-likeness (QED) is 0.597. The smallest absolute Gasteiger partial charge is 0.191 e. The Balaban J connectivity index is 1.92. The molecule has 0 aliphatic heterocycles. The molecule has 0 aromatic carbocycles. The number of aromatic nitrogens is 1. The topological polar surface area (TPSA) is 62.5 Å². The Kier molecular flexibility index (Phi) is 6.48. The van der Waals surface area contributed by atoms with Crippen LogP contribution in [0.1, 0.15) is 69.9 Å². The highest BCUT2D eigenvalue weighted by atomic mass is 16.5. The van der Waals surface area contributed by atoms with E-state index in [4.69, 9.17) is 4.52 Å². The standard InChI is InChI=1S/C18H32N4O/c1-5-15-14(16(6-2)23-22-15)12-20-17(19-4)21-13-18(7-3)10-8-9-11-18/h5-13H2,1-4H3,(H2,19,20,21). The molecule has 130 valence electrons. The lowest BCUT2D eigenvalue weighted by Crippen LogP contribution is -2.42. The fraction of sp³-hybridized carbons (Fsp3) is 0.778. The van der Waals surface area contributed by atoms with E-state index in [1.807, 2.05) is 7.05 Å². The maximum atomic E-state index is 5.43. The summed E-state index contributed by atoms with van der Waals surface area (Å²) in [7, 11) is 1.83. The molecule has 0 saturated heterocycles. The van der Waals surface area contributed by atoms with Crippen LogP contribution in [-0.2, 0) is 19.4 Å². The number of rotatable bonds is 7. The van der Waals surface area contributed by atoms with Gasteiger partial charge in [0.15, 0.2) is 5.96 Å². The van der Waals surface area contributed by atoms with Gasteiger partial charge in [-0.25, -0.2) is 0 Å². The van der Waals surface area contributed by atoms with Crippen LogP contribution in [0.15, 0.2) is 9.52 Å². The van der Waals surface area contributed by atoms with E-state index in [0.717, 1.165) is 36.8 Å². The average Bonchev–Trinajstić information content (AvgIpc) is 3.21. The summed E-state index contributed by atoms with van der Waals surface area (Å²) in [4.78, 5) is 4.37. The molecule has 0 spiro atoms. The summed E-state index contributed by atoms with van der Waals surface area (Å²) in [5, 5.41) is 11.1. The molecule has 2 rings (SSSR count). The Morgan fingerprint density at radius 1 is 1.17 bits per heavy atom. The van der Waals surface area contributed by atoms with E-state index in [0.29, 0.717) is 12.0 Å². The van der Waals surface area contributed by atoms with Crippen molar-refractivity contribution in [3.63, 3.8) is 0 Å². The van der Waals surface area contributed by atoms with E-state index in [1.54, 1.807) is 0 Å². The molecule has 23 heavy (non-hydrogen) atoms. The van der Waals surface area contributed by atoms with Crippen LogP contribution in [-0.4, -0.2) is 24.7 Å². The Hall–Kier alpha value is -1.52. The molecule has 1 aliphatic carbocycles. The third-order valence-electron chi connectivity index (χ3n) is 5.31. The van der Waals surface area contributed by atoms with Crippen molar-refractivity contribution in [1.29, 1.82) is 0 Å². The molecule has 1 aromatic heterocycles. The molecule has 1 aliphatic rings. The molecule has 0 radical (unpaired) electrons. The number of nitrogens with zero attached hydrogens (tertiary/aromatic N) is 2. The van der Waals surface area contributed by atoms with Crippen molar-refractivity contribution < 1.29 is 4.52 Å². The van der Waals surface area contributed by atoms with Crippen molar-refractivity contribution in [2.24, 2.45) is 10.4 Å². The van der Waals surface area contributed by atoms with Crippen molar-refractivity contribution in [1.82, 2.24) is 15.8 Å². The number of nitrogens with one attached hydrogen (secondary N) is 2. The van der Waals surface area contributed by atoms with Crippen LogP contribution in [0.25, 0.3) is 0 Å². The number of aryl methyl sites for hydroxylation is 2. The van der Waals surface area contributed by atoms with Gasteiger partial charge >= 0.3 is 0 Å². The zero-order valence-corrected chi connectivity index (χ0v) is 15.2. The molecule has 1 fully saturated rings. The molecule has 1 aromatic rings. The summed E-state index contributed by atoms with van der Waals surface area (Å²) < 4.78 is 5.43. The lowest BCUT2D eigenvalue weighted by molar-refractivity contribution is 0.283. The first kappa shape index (κ1) is 17.8. The van der Waals surface area contributed by atoms with Gasteiger partial charge < -0.3 is 15.2 Å². The summed E-state index contributed by atoms with van der Waals surface area (Å²) >= 11 is 0. The molecule has 0 atom stereocenters. The summed E-state index contributed by atoms with van der Waals surface area (Å²) in [6.07, 6.45) is 8.39. The van der Waals surface area contributed by atoms with Crippen LogP contribution < -0.4 is 10.6 Å². The largest absolute Gasteiger partial charge is 0.361 e. The van der Waals surface area contributed by atoms with E-state index in [9.17, 15) is 0 Å². The molecule has 0 bridgehead atoms. The Morgan fingerprint density at radius 2 is 1.91 bits per heavy atom. The fourth-order valence-electron chi connectivity index (χ4n) is 3.58. The van der Waals surface area contributed by atoms with Gasteiger partial charge in [0, 0.05) is 32.1 Å². The van der Waals surface area contributed by atoms with Gasteiger partial charge in [-0.1, -0.05) is 38.8 Å². The van der Waals surface area contributed by atoms with E-state index >= 15 is 0 Å². The molecule has 0 unspecified atom stereocenters. The van der Waals surface area contributed by atoms with E-state index in [-0.39, 0.29) is 0 Å². The Labute approximate surface area is 140 Å². The summed E-state index contributed by atoms with van der Waals surface area (Å²) in [6, 6.07) is 0. The summed E-state index contributed by atoms with van der Waals surface area (Å²) in [5.74, 6) is 1.85. The molecule has 1 heterocycles. The molecule has 5 heteroatoms. The normalized spacial score (nSPS) is 17.5. The first-order valence-electron chi connectivity index (χ1n) is 9.08. The third kappa shape index (κ3) is 4.27. The number of guanidine groups is 1. The molecular weight excluding hydrogens is 288 g/mol. The van der Waals surface area contributed by atoms with Crippen LogP contribution in [0.5, 0.6) is 0 Å².